The Hall–Kier alpha value is -3.79. The Bertz CT molecular complexity index is 1350. The maximum atomic E-state index is 13.4. The zero-order chi connectivity index (χ0) is 22.1. The molecule has 2 aromatic carbocycles. The van der Waals surface area contributed by atoms with E-state index in [0.29, 0.717) is 24.7 Å². The number of hydrogen-bond acceptors (Lipinski definition) is 8. The number of sulfone groups is 1. The molecule has 5 rings (SSSR count). The van der Waals surface area contributed by atoms with E-state index in [1.807, 2.05) is 0 Å². The molecule has 0 aliphatic carbocycles. The van der Waals surface area contributed by atoms with Gasteiger partial charge in [-0.15, -0.1) is 0 Å². The van der Waals surface area contributed by atoms with E-state index in [1.165, 1.54) is 30.5 Å². The Morgan fingerprint density at radius 3 is 2.53 bits per heavy atom. The minimum atomic E-state index is -4.09. The lowest BCUT2D eigenvalue weighted by atomic mass is 10.2. The van der Waals surface area contributed by atoms with E-state index in [-0.39, 0.29) is 39.8 Å². The van der Waals surface area contributed by atoms with E-state index in [0.717, 1.165) is 5.56 Å². The maximum absolute atomic E-state index is 13.4. The van der Waals surface area contributed by atoms with Crippen LogP contribution in [-0.4, -0.2) is 26.6 Å². The number of nitrogens with zero attached hydrogens (tertiary/aromatic N) is 1. The minimum Gasteiger partial charge on any atom is -0.486 e. The number of rotatable bonds is 6. The molecular weight excluding hydrogens is 439 g/mol. The fraction of sp³-hybridized carbons (Fsp3) is 0.136. The summed E-state index contributed by atoms with van der Waals surface area (Å²) in [7, 11) is -4.09. The van der Waals surface area contributed by atoms with E-state index in [9.17, 15) is 12.8 Å². The molecule has 8 nitrogen and oxygen atoms in total. The number of aromatic nitrogens is 1. The van der Waals surface area contributed by atoms with Gasteiger partial charge in [-0.05, 0) is 42.0 Å². The Labute approximate surface area is 182 Å². The van der Waals surface area contributed by atoms with Gasteiger partial charge in [0, 0.05) is 12.6 Å². The quantitative estimate of drug-likeness (QED) is 0.458. The monoisotopic (exact) mass is 456 g/mol. The summed E-state index contributed by atoms with van der Waals surface area (Å²) in [5.41, 5.74) is 0.727. The first-order chi connectivity index (χ1) is 15.5. The lowest BCUT2D eigenvalue weighted by Gasteiger charge is -2.18. The van der Waals surface area contributed by atoms with E-state index < -0.39 is 9.84 Å². The molecule has 3 heterocycles. The second-order valence-corrected chi connectivity index (χ2v) is 8.78. The Morgan fingerprint density at radius 1 is 1.00 bits per heavy atom. The number of furan rings is 1. The molecule has 0 atom stereocenters. The van der Waals surface area contributed by atoms with Crippen molar-refractivity contribution in [1.82, 2.24) is 4.98 Å². The van der Waals surface area contributed by atoms with Gasteiger partial charge in [0.05, 0.1) is 11.2 Å². The molecule has 4 aromatic rings. The lowest BCUT2D eigenvalue weighted by molar-refractivity contribution is 0.171. The molecule has 164 valence electrons. The molecule has 0 unspecified atom stereocenters. The molecule has 0 amide bonds. The molecule has 0 fully saturated rings. The first kappa shape index (κ1) is 20.1. The number of ether oxygens (including phenoxy) is 2. The van der Waals surface area contributed by atoms with Gasteiger partial charge in [-0.2, -0.15) is 4.98 Å². The number of halogens is 1. The molecule has 1 aliphatic heterocycles. The molecule has 1 N–H and O–H groups in total. The summed E-state index contributed by atoms with van der Waals surface area (Å²) in [5, 5.41) is 2.64. The summed E-state index contributed by atoms with van der Waals surface area (Å²) in [4.78, 5) is 4.17. The van der Waals surface area contributed by atoms with Gasteiger partial charge in [0.1, 0.15) is 19.0 Å². The molecule has 0 radical (unpaired) electrons. The van der Waals surface area contributed by atoms with E-state index in [1.54, 1.807) is 30.3 Å². The minimum absolute atomic E-state index is 0.00715. The largest absolute Gasteiger partial charge is 0.486 e. The van der Waals surface area contributed by atoms with Gasteiger partial charge in [-0.3, -0.25) is 0 Å². The van der Waals surface area contributed by atoms with Crippen molar-refractivity contribution < 1.29 is 31.1 Å². The van der Waals surface area contributed by atoms with Crippen molar-refractivity contribution in [2.24, 2.45) is 0 Å². The van der Waals surface area contributed by atoms with Crippen LogP contribution in [0.2, 0.25) is 0 Å². The van der Waals surface area contributed by atoms with Crippen molar-refractivity contribution >= 4 is 15.7 Å². The van der Waals surface area contributed by atoms with Crippen molar-refractivity contribution in [3.8, 4) is 23.1 Å². The summed E-state index contributed by atoms with van der Waals surface area (Å²) >= 11 is 0. The van der Waals surface area contributed by atoms with Crippen LogP contribution in [-0.2, 0) is 16.4 Å². The SMILES string of the molecule is O=S(=O)(c1ccc2c(c1)OCCO2)c1nc(-c2ccco2)oc1NCc1ccc(F)cc1. The molecular formula is C22H17FN2O6S. The molecule has 2 aromatic heterocycles. The first-order valence-corrected chi connectivity index (χ1v) is 11.2. The number of nitrogens with one attached hydrogen (secondary N) is 1. The van der Waals surface area contributed by atoms with Crippen LogP contribution < -0.4 is 14.8 Å². The average molecular weight is 456 g/mol. The zero-order valence-corrected chi connectivity index (χ0v) is 17.4. The Kier molecular flexibility index (Phi) is 5.06. The Balaban J connectivity index is 1.53. The predicted octanol–water partition coefficient (Wildman–Crippen LogP) is 4.29. The standard InChI is InChI=1S/C22H17FN2O6S/c23-15-5-3-14(4-6-15)13-24-21-22(25-20(31-21)18-2-1-9-28-18)32(26,27)16-7-8-17-19(12-16)30-11-10-29-17/h1-9,12,24H,10-11,13H2. The van der Waals surface area contributed by atoms with E-state index in [4.69, 9.17) is 18.3 Å². The van der Waals surface area contributed by atoms with Crippen LogP contribution in [0.25, 0.3) is 11.7 Å². The highest BCUT2D eigenvalue weighted by Gasteiger charge is 2.30. The summed E-state index contributed by atoms with van der Waals surface area (Å²) < 4.78 is 62.0. The van der Waals surface area contributed by atoms with E-state index in [2.05, 4.69) is 10.3 Å². The number of benzene rings is 2. The predicted molar refractivity (Wildman–Crippen MR) is 111 cm³/mol. The van der Waals surface area contributed by atoms with Gasteiger partial charge in [-0.25, -0.2) is 12.8 Å². The highest BCUT2D eigenvalue weighted by molar-refractivity contribution is 7.91. The van der Waals surface area contributed by atoms with Crippen molar-refractivity contribution in [2.75, 3.05) is 18.5 Å². The Morgan fingerprint density at radius 2 is 1.78 bits per heavy atom. The average Bonchev–Trinajstić information content (AvgIpc) is 3.49. The second-order valence-electron chi connectivity index (χ2n) is 6.92. The number of hydrogen-bond donors (Lipinski definition) is 1. The summed E-state index contributed by atoms with van der Waals surface area (Å²) in [6, 6.07) is 13.4. The van der Waals surface area contributed by atoms with Crippen LogP contribution in [0.4, 0.5) is 10.3 Å². The summed E-state index contributed by atoms with van der Waals surface area (Å²) in [6.45, 7) is 0.913. The topological polar surface area (TPSA) is 104 Å². The third kappa shape index (κ3) is 3.80. The lowest BCUT2D eigenvalue weighted by Crippen LogP contribution is -2.16. The second kappa shape index (κ2) is 8.04. The van der Waals surface area contributed by atoms with Gasteiger partial charge >= 0.3 is 0 Å². The molecule has 32 heavy (non-hydrogen) atoms. The zero-order valence-electron chi connectivity index (χ0n) is 16.6. The van der Waals surface area contributed by atoms with Crippen molar-refractivity contribution in [3.63, 3.8) is 0 Å². The van der Waals surface area contributed by atoms with Gasteiger partial charge in [0.25, 0.3) is 5.89 Å². The van der Waals surface area contributed by atoms with Crippen LogP contribution in [0.15, 0.2) is 79.6 Å². The fourth-order valence-corrected chi connectivity index (χ4v) is 4.49. The molecule has 0 saturated carbocycles. The molecule has 10 heteroatoms. The third-order valence-corrected chi connectivity index (χ3v) is 6.43. The van der Waals surface area contributed by atoms with Crippen molar-refractivity contribution in [2.45, 2.75) is 16.5 Å². The van der Waals surface area contributed by atoms with Crippen LogP contribution in [0.5, 0.6) is 11.5 Å². The third-order valence-electron chi connectivity index (χ3n) is 4.77. The fourth-order valence-electron chi connectivity index (χ4n) is 3.19. The van der Waals surface area contributed by atoms with Crippen LogP contribution in [0, 0.1) is 5.82 Å². The summed E-state index contributed by atoms with van der Waals surface area (Å²) in [5.74, 6) is 0.673. The van der Waals surface area contributed by atoms with Crippen LogP contribution >= 0.6 is 0 Å². The van der Waals surface area contributed by atoms with E-state index >= 15 is 0 Å². The molecule has 0 spiro atoms. The van der Waals surface area contributed by atoms with Gasteiger partial charge in [0.2, 0.25) is 20.7 Å². The smallest absolute Gasteiger partial charge is 0.266 e. The van der Waals surface area contributed by atoms with Crippen molar-refractivity contribution in [1.29, 1.82) is 0 Å². The number of fused-ring (bicyclic) bond motifs is 1. The van der Waals surface area contributed by atoms with Crippen LogP contribution in [0.1, 0.15) is 5.56 Å². The molecule has 0 saturated heterocycles. The number of oxazole rings is 1. The molecule has 1 aliphatic rings. The highest BCUT2D eigenvalue weighted by atomic mass is 32.2. The van der Waals surface area contributed by atoms with Gasteiger partial charge in [0.15, 0.2) is 17.3 Å². The highest BCUT2D eigenvalue weighted by Crippen LogP contribution is 2.37. The van der Waals surface area contributed by atoms with Gasteiger partial charge < -0.3 is 23.6 Å². The number of anilines is 1. The molecule has 0 bridgehead atoms. The normalized spacial score (nSPS) is 13.2. The van der Waals surface area contributed by atoms with Crippen LogP contribution in [0.3, 0.4) is 0 Å². The van der Waals surface area contributed by atoms with Gasteiger partial charge in [-0.1, -0.05) is 12.1 Å². The summed E-state index contributed by atoms with van der Waals surface area (Å²) in [6.07, 6.45) is 1.43. The first-order valence-electron chi connectivity index (χ1n) is 9.68. The maximum Gasteiger partial charge on any atom is 0.266 e. The van der Waals surface area contributed by atoms with Crippen molar-refractivity contribution in [3.05, 3.63) is 72.2 Å².